The smallest absolute Gasteiger partial charge is 0.256 e. The van der Waals surface area contributed by atoms with Gasteiger partial charge in [0.25, 0.3) is 5.69 Å². The van der Waals surface area contributed by atoms with Crippen LogP contribution in [-0.2, 0) is 0 Å². The van der Waals surface area contributed by atoms with E-state index in [4.69, 9.17) is 0 Å². The number of hydrogen-bond donors (Lipinski definition) is 0. The Morgan fingerprint density at radius 3 is 2.74 bits per heavy atom. The summed E-state index contributed by atoms with van der Waals surface area (Å²) in [6, 6.07) is 12.8. The van der Waals surface area contributed by atoms with E-state index in [2.05, 4.69) is 21.0 Å². The van der Waals surface area contributed by atoms with Crippen LogP contribution in [0.5, 0.6) is 0 Å². The van der Waals surface area contributed by atoms with Crippen molar-refractivity contribution in [2.75, 3.05) is 0 Å². The summed E-state index contributed by atoms with van der Waals surface area (Å²) in [4.78, 5) is 12.6. The molecule has 0 spiro atoms. The highest BCUT2D eigenvalue weighted by molar-refractivity contribution is 9.10. The fraction of sp³-hybridized carbons (Fsp3) is 0.278. The number of hydrogen-bond acceptors (Lipinski definition) is 3. The SMILES string of the molecule is CCC(=O)c1ccc(Br)cc1[N+]([O-])=Nc1ccccc1C1CC1. The summed E-state index contributed by atoms with van der Waals surface area (Å²) in [5.41, 5.74) is 2.46. The monoisotopic (exact) mass is 372 g/mol. The molecule has 1 fully saturated rings. The van der Waals surface area contributed by atoms with E-state index in [0.717, 1.165) is 22.9 Å². The van der Waals surface area contributed by atoms with Gasteiger partial charge in [-0.3, -0.25) is 4.79 Å². The van der Waals surface area contributed by atoms with Crippen molar-refractivity contribution in [3.63, 3.8) is 0 Å². The molecule has 23 heavy (non-hydrogen) atoms. The van der Waals surface area contributed by atoms with E-state index < -0.39 is 0 Å². The van der Waals surface area contributed by atoms with Crippen LogP contribution in [0.25, 0.3) is 0 Å². The van der Waals surface area contributed by atoms with E-state index in [-0.39, 0.29) is 11.5 Å². The third-order valence-corrected chi connectivity index (χ3v) is 4.43. The van der Waals surface area contributed by atoms with Crippen LogP contribution in [0.4, 0.5) is 11.4 Å². The zero-order valence-electron chi connectivity index (χ0n) is 12.8. The van der Waals surface area contributed by atoms with Crippen molar-refractivity contribution < 1.29 is 9.66 Å². The van der Waals surface area contributed by atoms with Gasteiger partial charge in [0.15, 0.2) is 5.78 Å². The molecule has 0 aromatic heterocycles. The first-order chi connectivity index (χ1) is 11.1. The van der Waals surface area contributed by atoms with Crippen LogP contribution in [0.1, 0.15) is 48.0 Å². The molecule has 0 atom stereocenters. The zero-order valence-corrected chi connectivity index (χ0v) is 14.4. The molecule has 118 valence electrons. The average Bonchev–Trinajstić information content (AvgIpc) is 3.39. The minimum absolute atomic E-state index is 0.0703. The molecule has 0 bridgehead atoms. The maximum Gasteiger partial charge on any atom is 0.256 e. The van der Waals surface area contributed by atoms with E-state index in [1.54, 1.807) is 25.1 Å². The average molecular weight is 373 g/mol. The van der Waals surface area contributed by atoms with Crippen LogP contribution in [0.2, 0.25) is 0 Å². The highest BCUT2D eigenvalue weighted by Gasteiger charge is 2.27. The largest absolute Gasteiger partial charge is 0.594 e. The number of ketones is 1. The summed E-state index contributed by atoms with van der Waals surface area (Å²) in [5.74, 6) is 0.432. The second-order valence-electron chi connectivity index (χ2n) is 5.64. The molecule has 4 nitrogen and oxygen atoms in total. The molecule has 1 aliphatic carbocycles. The highest BCUT2D eigenvalue weighted by Crippen LogP contribution is 2.44. The molecule has 2 aromatic rings. The summed E-state index contributed by atoms with van der Waals surface area (Å²) in [5, 5.41) is 16.8. The topological polar surface area (TPSA) is 55.5 Å². The van der Waals surface area contributed by atoms with Crippen molar-refractivity contribution in [2.45, 2.75) is 32.1 Å². The van der Waals surface area contributed by atoms with Gasteiger partial charge in [-0.05, 0) is 47.4 Å². The summed E-state index contributed by atoms with van der Waals surface area (Å²) >= 11 is 3.35. The van der Waals surface area contributed by atoms with Crippen molar-refractivity contribution in [2.24, 2.45) is 5.11 Å². The van der Waals surface area contributed by atoms with Crippen molar-refractivity contribution in [3.8, 4) is 0 Å². The number of Topliss-reactive ketones (excluding diaryl/α,β-unsaturated/α-hetero) is 1. The molecule has 0 saturated heterocycles. The molecule has 1 saturated carbocycles. The molecule has 0 radical (unpaired) electrons. The van der Waals surface area contributed by atoms with Crippen molar-refractivity contribution in [1.82, 2.24) is 0 Å². The van der Waals surface area contributed by atoms with Crippen LogP contribution in [0.3, 0.4) is 0 Å². The van der Waals surface area contributed by atoms with Gasteiger partial charge in [-0.25, -0.2) is 0 Å². The molecular formula is C18H17BrN2O2. The number of halogens is 1. The fourth-order valence-electron chi connectivity index (χ4n) is 2.56. The van der Waals surface area contributed by atoms with Crippen molar-refractivity contribution in [3.05, 3.63) is 63.3 Å². The van der Waals surface area contributed by atoms with E-state index in [9.17, 15) is 10.0 Å². The first-order valence-corrected chi connectivity index (χ1v) is 8.50. The van der Waals surface area contributed by atoms with Gasteiger partial charge in [-0.1, -0.05) is 41.1 Å². The second-order valence-corrected chi connectivity index (χ2v) is 6.56. The first-order valence-electron chi connectivity index (χ1n) is 7.70. The maximum absolute atomic E-state index is 12.6. The zero-order chi connectivity index (χ0) is 16.4. The second kappa shape index (κ2) is 6.62. The lowest BCUT2D eigenvalue weighted by atomic mass is 10.1. The van der Waals surface area contributed by atoms with Crippen molar-refractivity contribution in [1.29, 1.82) is 0 Å². The number of azo groups is 1. The number of benzene rings is 2. The van der Waals surface area contributed by atoms with Crippen LogP contribution in [-0.4, -0.2) is 10.6 Å². The van der Waals surface area contributed by atoms with Crippen molar-refractivity contribution >= 4 is 33.1 Å². The third kappa shape index (κ3) is 3.50. The van der Waals surface area contributed by atoms with E-state index in [1.165, 1.54) is 0 Å². The Morgan fingerprint density at radius 2 is 2.04 bits per heavy atom. The van der Waals surface area contributed by atoms with Gasteiger partial charge in [0.2, 0.25) is 0 Å². The lowest BCUT2D eigenvalue weighted by Crippen LogP contribution is -2.03. The van der Waals surface area contributed by atoms with Gasteiger partial charge in [0.05, 0.1) is 5.56 Å². The summed E-state index contributed by atoms with van der Waals surface area (Å²) in [6.45, 7) is 1.78. The number of rotatable bonds is 5. The molecule has 2 aromatic carbocycles. The summed E-state index contributed by atoms with van der Waals surface area (Å²) in [7, 11) is 0. The molecule has 1 aliphatic rings. The molecule has 0 unspecified atom stereocenters. The predicted octanol–water partition coefficient (Wildman–Crippen LogP) is 5.84. The lowest BCUT2D eigenvalue weighted by molar-refractivity contribution is -0.435. The van der Waals surface area contributed by atoms with Crippen LogP contribution >= 0.6 is 15.9 Å². The normalized spacial score (nSPS) is 14.8. The Kier molecular flexibility index (Phi) is 4.57. The van der Waals surface area contributed by atoms with Gasteiger partial charge in [0, 0.05) is 22.1 Å². The molecule has 0 N–H and O–H groups in total. The van der Waals surface area contributed by atoms with Crippen LogP contribution in [0.15, 0.2) is 52.1 Å². The summed E-state index contributed by atoms with van der Waals surface area (Å²) < 4.78 is 0.742. The standard InChI is InChI=1S/C18H17BrN2O2/c1-2-18(22)15-10-9-13(19)11-17(15)21(23)20-16-6-4-3-5-14(16)12-7-8-12/h3-6,9-12H,2,7-8H2,1H3. The Labute approximate surface area is 143 Å². The molecule has 3 rings (SSSR count). The van der Waals surface area contributed by atoms with E-state index in [1.807, 2.05) is 24.3 Å². The third-order valence-electron chi connectivity index (χ3n) is 3.94. The van der Waals surface area contributed by atoms with Gasteiger partial charge in [0.1, 0.15) is 5.69 Å². The quantitative estimate of drug-likeness (QED) is 0.286. The predicted molar refractivity (Wildman–Crippen MR) is 92.6 cm³/mol. The van der Waals surface area contributed by atoms with Gasteiger partial charge in [-0.15, -0.1) is 0 Å². The van der Waals surface area contributed by atoms with Gasteiger partial charge >= 0.3 is 0 Å². The Morgan fingerprint density at radius 1 is 1.30 bits per heavy atom. The Hall–Kier alpha value is -2.01. The maximum atomic E-state index is 12.6. The van der Waals surface area contributed by atoms with Crippen LogP contribution in [0, 0.1) is 5.21 Å². The summed E-state index contributed by atoms with van der Waals surface area (Å²) in [6.07, 6.45) is 2.63. The number of carbonyl (C=O) groups excluding carboxylic acids is 1. The lowest BCUT2D eigenvalue weighted by Gasteiger charge is -2.07. The van der Waals surface area contributed by atoms with E-state index >= 15 is 0 Å². The van der Waals surface area contributed by atoms with Gasteiger partial charge < -0.3 is 5.21 Å². The highest BCUT2D eigenvalue weighted by atomic mass is 79.9. The van der Waals surface area contributed by atoms with Crippen LogP contribution < -0.4 is 0 Å². The first kappa shape index (κ1) is 15.9. The molecule has 0 heterocycles. The fourth-order valence-corrected chi connectivity index (χ4v) is 2.91. The molecular weight excluding hydrogens is 356 g/mol. The van der Waals surface area contributed by atoms with E-state index in [0.29, 0.717) is 28.5 Å². The molecule has 0 amide bonds. The Balaban J connectivity index is 2.05. The molecule has 5 heteroatoms. The Bertz CT molecular complexity index is 782. The minimum Gasteiger partial charge on any atom is -0.594 e. The molecule has 0 aliphatic heterocycles. The number of carbonyl (C=O) groups is 1. The van der Waals surface area contributed by atoms with Gasteiger partial charge in [-0.2, -0.15) is 0 Å². The minimum atomic E-state index is -0.0703. The number of nitrogens with zero attached hydrogens (tertiary/aromatic N) is 2.